The third kappa shape index (κ3) is 5.24. The van der Waals surface area contributed by atoms with Crippen LogP contribution in [0, 0.1) is 6.92 Å². The average molecular weight is 363 g/mol. The van der Waals surface area contributed by atoms with E-state index in [1.165, 1.54) is 0 Å². The van der Waals surface area contributed by atoms with Crippen LogP contribution in [0.3, 0.4) is 0 Å². The van der Waals surface area contributed by atoms with Gasteiger partial charge in [-0.3, -0.25) is 9.78 Å². The number of aryl methyl sites for hydroxylation is 1. The molecule has 7 nitrogen and oxygen atoms in total. The summed E-state index contributed by atoms with van der Waals surface area (Å²) in [6, 6.07) is 13.1. The Bertz CT molecular complexity index is 898. The van der Waals surface area contributed by atoms with E-state index in [4.69, 9.17) is 4.74 Å². The fourth-order valence-electron chi connectivity index (χ4n) is 2.46. The minimum absolute atomic E-state index is 0.253. The van der Waals surface area contributed by atoms with Gasteiger partial charge in [-0.25, -0.2) is 9.97 Å². The summed E-state index contributed by atoms with van der Waals surface area (Å²) >= 11 is 0. The fraction of sp³-hybridized carbons (Fsp3) is 0.200. The number of nitrogens with zero attached hydrogens (tertiary/aromatic N) is 3. The second-order valence-corrected chi connectivity index (χ2v) is 5.96. The number of rotatable bonds is 7. The molecule has 0 aliphatic heterocycles. The number of nitrogens with one attached hydrogen (secondary N) is 2. The molecule has 7 heteroatoms. The predicted octanol–water partition coefficient (Wildman–Crippen LogP) is 2.73. The molecule has 2 heterocycles. The van der Waals surface area contributed by atoms with Crippen molar-refractivity contribution in [3.63, 3.8) is 0 Å². The molecule has 2 aromatic heterocycles. The summed E-state index contributed by atoms with van der Waals surface area (Å²) in [5.74, 6) is 0.965. The first-order chi connectivity index (χ1) is 13.1. The van der Waals surface area contributed by atoms with Gasteiger partial charge in [0.2, 0.25) is 5.95 Å². The second-order valence-electron chi connectivity index (χ2n) is 5.96. The third-order valence-corrected chi connectivity index (χ3v) is 3.87. The maximum atomic E-state index is 12.4. The predicted molar refractivity (Wildman–Crippen MR) is 102 cm³/mol. The topological polar surface area (TPSA) is 89.0 Å². The molecule has 0 aliphatic carbocycles. The molecule has 27 heavy (non-hydrogen) atoms. The molecule has 0 unspecified atom stereocenters. The molecule has 0 aliphatic rings. The van der Waals surface area contributed by atoms with Gasteiger partial charge in [-0.15, -0.1) is 0 Å². The maximum Gasteiger partial charge on any atom is 0.270 e. The average Bonchev–Trinajstić information content (AvgIpc) is 2.71. The van der Waals surface area contributed by atoms with Gasteiger partial charge in [0.15, 0.2) is 0 Å². The molecule has 3 aromatic rings. The first-order valence-corrected chi connectivity index (χ1v) is 8.53. The Hall–Kier alpha value is -3.48. The molecule has 0 bridgehead atoms. The van der Waals surface area contributed by atoms with E-state index in [0.717, 1.165) is 16.9 Å². The van der Waals surface area contributed by atoms with Gasteiger partial charge in [-0.1, -0.05) is 18.2 Å². The smallest absolute Gasteiger partial charge is 0.270 e. The number of carbonyl (C=O) groups excluding carboxylic acids is 1. The van der Waals surface area contributed by atoms with E-state index >= 15 is 0 Å². The summed E-state index contributed by atoms with van der Waals surface area (Å²) in [4.78, 5) is 25.1. The largest absolute Gasteiger partial charge is 0.497 e. The summed E-state index contributed by atoms with van der Waals surface area (Å²) in [5, 5.41) is 6.00. The second kappa shape index (κ2) is 8.75. The number of benzene rings is 1. The Morgan fingerprint density at radius 1 is 1.07 bits per heavy atom. The molecule has 0 atom stereocenters. The van der Waals surface area contributed by atoms with Crippen LogP contribution in [0.5, 0.6) is 5.75 Å². The summed E-state index contributed by atoms with van der Waals surface area (Å²) < 4.78 is 5.15. The SMILES string of the molecule is COc1ccc(CNc2nc(C)cc(C(=O)NCc3cccnc3)n2)cc1. The van der Waals surface area contributed by atoms with Crippen LogP contribution in [0.15, 0.2) is 54.9 Å². The number of hydrogen-bond donors (Lipinski definition) is 2. The van der Waals surface area contributed by atoms with Gasteiger partial charge in [0, 0.05) is 31.2 Å². The molecule has 138 valence electrons. The minimum Gasteiger partial charge on any atom is -0.497 e. The lowest BCUT2D eigenvalue weighted by Crippen LogP contribution is -2.24. The van der Waals surface area contributed by atoms with E-state index in [1.54, 1.807) is 25.6 Å². The minimum atomic E-state index is -0.253. The standard InChI is InChI=1S/C20H21N5O2/c1-14-10-18(19(26)22-13-16-4-3-9-21-11-16)25-20(24-14)23-12-15-5-7-17(27-2)8-6-15/h3-11H,12-13H2,1-2H3,(H,22,26)(H,23,24,25). The van der Waals surface area contributed by atoms with Crippen molar-refractivity contribution in [2.45, 2.75) is 20.0 Å². The van der Waals surface area contributed by atoms with E-state index in [9.17, 15) is 4.79 Å². The van der Waals surface area contributed by atoms with Crippen LogP contribution >= 0.6 is 0 Å². The molecular weight excluding hydrogens is 342 g/mol. The molecule has 0 saturated carbocycles. The zero-order valence-electron chi connectivity index (χ0n) is 15.3. The fourth-order valence-corrected chi connectivity index (χ4v) is 2.46. The van der Waals surface area contributed by atoms with Crippen molar-refractivity contribution in [2.24, 2.45) is 0 Å². The monoisotopic (exact) mass is 363 g/mol. The molecule has 1 aromatic carbocycles. The van der Waals surface area contributed by atoms with Crippen molar-refractivity contribution in [1.29, 1.82) is 0 Å². The van der Waals surface area contributed by atoms with Crippen LogP contribution in [-0.4, -0.2) is 28.0 Å². The van der Waals surface area contributed by atoms with Gasteiger partial charge < -0.3 is 15.4 Å². The highest BCUT2D eigenvalue weighted by molar-refractivity contribution is 5.92. The van der Waals surface area contributed by atoms with E-state index in [2.05, 4.69) is 25.6 Å². The first-order valence-electron chi connectivity index (χ1n) is 8.53. The van der Waals surface area contributed by atoms with Crippen LogP contribution < -0.4 is 15.4 Å². The number of anilines is 1. The highest BCUT2D eigenvalue weighted by atomic mass is 16.5. The lowest BCUT2D eigenvalue weighted by molar-refractivity contribution is 0.0945. The van der Waals surface area contributed by atoms with Crippen LogP contribution in [0.1, 0.15) is 27.3 Å². The molecular formula is C20H21N5O2. The van der Waals surface area contributed by atoms with Gasteiger partial charge in [0.25, 0.3) is 5.91 Å². The van der Waals surface area contributed by atoms with Crippen molar-refractivity contribution in [3.8, 4) is 5.75 Å². The highest BCUT2D eigenvalue weighted by Crippen LogP contribution is 2.13. The zero-order chi connectivity index (χ0) is 19.1. The van der Waals surface area contributed by atoms with E-state index in [-0.39, 0.29) is 5.91 Å². The van der Waals surface area contributed by atoms with Crippen LogP contribution in [0.2, 0.25) is 0 Å². The van der Waals surface area contributed by atoms with Gasteiger partial charge >= 0.3 is 0 Å². The summed E-state index contributed by atoms with van der Waals surface area (Å²) in [5.41, 5.74) is 3.02. The molecule has 1 amide bonds. The summed E-state index contributed by atoms with van der Waals surface area (Å²) in [6.07, 6.45) is 3.41. The van der Waals surface area contributed by atoms with Crippen LogP contribution in [0.4, 0.5) is 5.95 Å². The Morgan fingerprint density at radius 3 is 2.59 bits per heavy atom. The number of amides is 1. The summed E-state index contributed by atoms with van der Waals surface area (Å²) in [6.45, 7) is 2.77. The Labute approximate surface area is 157 Å². The zero-order valence-corrected chi connectivity index (χ0v) is 15.3. The van der Waals surface area contributed by atoms with Crippen LogP contribution in [0.25, 0.3) is 0 Å². The highest BCUT2D eigenvalue weighted by Gasteiger charge is 2.10. The van der Waals surface area contributed by atoms with Gasteiger partial charge in [0.1, 0.15) is 11.4 Å². The molecule has 0 saturated heterocycles. The Balaban J connectivity index is 1.63. The van der Waals surface area contributed by atoms with Gasteiger partial charge in [-0.2, -0.15) is 0 Å². The van der Waals surface area contributed by atoms with E-state index < -0.39 is 0 Å². The van der Waals surface area contributed by atoms with Crippen LogP contribution in [-0.2, 0) is 13.1 Å². The number of carbonyl (C=O) groups is 1. The van der Waals surface area contributed by atoms with Crippen molar-refractivity contribution in [3.05, 3.63) is 77.4 Å². The van der Waals surface area contributed by atoms with E-state index in [0.29, 0.717) is 30.4 Å². The Kier molecular flexibility index (Phi) is 5.94. The van der Waals surface area contributed by atoms with E-state index in [1.807, 2.05) is 43.3 Å². The quantitative estimate of drug-likeness (QED) is 0.671. The lowest BCUT2D eigenvalue weighted by atomic mass is 10.2. The molecule has 0 spiro atoms. The number of hydrogen-bond acceptors (Lipinski definition) is 6. The molecule has 0 radical (unpaired) electrons. The number of ether oxygens (including phenoxy) is 1. The Morgan fingerprint density at radius 2 is 1.89 bits per heavy atom. The van der Waals surface area contributed by atoms with Crippen molar-refractivity contribution in [1.82, 2.24) is 20.3 Å². The number of pyridine rings is 1. The first kappa shape index (κ1) is 18.3. The van der Waals surface area contributed by atoms with Crippen molar-refractivity contribution >= 4 is 11.9 Å². The molecule has 0 fully saturated rings. The normalized spacial score (nSPS) is 10.3. The summed E-state index contributed by atoms with van der Waals surface area (Å²) in [7, 11) is 1.63. The van der Waals surface area contributed by atoms with Gasteiger partial charge in [0.05, 0.1) is 7.11 Å². The molecule has 3 rings (SSSR count). The number of methoxy groups -OCH3 is 1. The molecule has 2 N–H and O–H groups in total. The third-order valence-electron chi connectivity index (χ3n) is 3.87. The number of aromatic nitrogens is 3. The van der Waals surface area contributed by atoms with Crippen molar-refractivity contribution < 1.29 is 9.53 Å². The lowest BCUT2D eigenvalue weighted by Gasteiger charge is -2.09. The maximum absolute atomic E-state index is 12.4. The van der Waals surface area contributed by atoms with Gasteiger partial charge in [-0.05, 0) is 42.3 Å². The van der Waals surface area contributed by atoms with Crippen molar-refractivity contribution in [2.75, 3.05) is 12.4 Å².